The van der Waals surface area contributed by atoms with Gasteiger partial charge in [-0.2, -0.15) is 17.0 Å². The third kappa shape index (κ3) is 3.87. The fraction of sp³-hybridized carbons (Fsp3) is 0.333. The van der Waals surface area contributed by atoms with Crippen molar-refractivity contribution in [2.24, 2.45) is 0 Å². The molecule has 0 unspecified atom stereocenters. The Kier molecular flexibility index (Phi) is 6.67. The standard InChI is InChI=1S/C21H21F2N3O3S/c1-4-29-19-9-13(5-6-18(19)28-2)17(12-30-3)26-20-15(23)10-14(22)11-16(20)25(8-7-24)21(26)27/h5-6,9-11,17H,4,8,12H2,1-3H3/t17-/m0/s1. The van der Waals surface area contributed by atoms with E-state index < -0.39 is 23.4 Å². The second-order valence-electron chi connectivity index (χ2n) is 6.47. The van der Waals surface area contributed by atoms with E-state index in [9.17, 15) is 13.6 Å². The number of methoxy groups -OCH3 is 1. The van der Waals surface area contributed by atoms with Crippen molar-refractivity contribution in [3.63, 3.8) is 0 Å². The van der Waals surface area contributed by atoms with Gasteiger partial charge in [0.15, 0.2) is 17.3 Å². The minimum atomic E-state index is -0.858. The molecule has 0 aliphatic carbocycles. The van der Waals surface area contributed by atoms with Gasteiger partial charge in [-0.05, 0) is 30.9 Å². The molecule has 9 heteroatoms. The Balaban J connectivity index is 2.30. The summed E-state index contributed by atoms with van der Waals surface area (Å²) >= 11 is 1.47. The quantitative estimate of drug-likeness (QED) is 0.538. The molecule has 0 aliphatic rings. The van der Waals surface area contributed by atoms with E-state index in [1.165, 1.54) is 23.4 Å². The second kappa shape index (κ2) is 9.22. The summed E-state index contributed by atoms with van der Waals surface area (Å²) in [6.07, 6.45) is 1.87. The second-order valence-corrected chi connectivity index (χ2v) is 7.38. The largest absolute Gasteiger partial charge is 0.493 e. The molecule has 0 fully saturated rings. The van der Waals surface area contributed by atoms with Gasteiger partial charge in [0.05, 0.1) is 31.3 Å². The maximum Gasteiger partial charge on any atom is 0.330 e. The Bertz CT molecular complexity index is 1170. The van der Waals surface area contributed by atoms with Gasteiger partial charge < -0.3 is 9.47 Å². The molecule has 0 spiro atoms. The van der Waals surface area contributed by atoms with E-state index in [-0.39, 0.29) is 17.6 Å². The smallest absolute Gasteiger partial charge is 0.330 e. The zero-order valence-corrected chi connectivity index (χ0v) is 17.6. The lowest BCUT2D eigenvalue weighted by atomic mass is 10.1. The predicted molar refractivity (Wildman–Crippen MR) is 112 cm³/mol. The molecule has 0 radical (unpaired) electrons. The summed E-state index contributed by atoms with van der Waals surface area (Å²) in [5.74, 6) is -0.183. The molecule has 30 heavy (non-hydrogen) atoms. The van der Waals surface area contributed by atoms with E-state index in [0.29, 0.717) is 29.4 Å². The summed E-state index contributed by atoms with van der Waals surface area (Å²) in [5, 5.41) is 9.12. The first-order valence-electron chi connectivity index (χ1n) is 9.23. The van der Waals surface area contributed by atoms with Crippen molar-refractivity contribution in [3.05, 3.63) is 58.0 Å². The van der Waals surface area contributed by atoms with Crippen LogP contribution in [0.25, 0.3) is 11.0 Å². The first-order valence-corrected chi connectivity index (χ1v) is 10.6. The number of ether oxygens (including phenoxy) is 2. The highest BCUT2D eigenvalue weighted by molar-refractivity contribution is 7.98. The van der Waals surface area contributed by atoms with Crippen LogP contribution in [0.5, 0.6) is 11.5 Å². The predicted octanol–water partition coefficient (Wildman–Crippen LogP) is 3.96. The van der Waals surface area contributed by atoms with Gasteiger partial charge in [-0.3, -0.25) is 9.13 Å². The number of halogens is 2. The Labute approximate surface area is 176 Å². The SMILES string of the molecule is CCOc1cc([C@H](CSC)n2c(=O)n(CC#N)c3cc(F)cc(F)c32)ccc1OC. The maximum atomic E-state index is 14.8. The third-order valence-corrected chi connectivity index (χ3v) is 5.36. The number of hydrogen-bond acceptors (Lipinski definition) is 5. The van der Waals surface area contributed by atoms with Crippen molar-refractivity contribution >= 4 is 22.8 Å². The van der Waals surface area contributed by atoms with E-state index in [0.717, 1.165) is 16.7 Å². The molecule has 0 aliphatic heterocycles. The van der Waals surface area contributed by atoms with Crippen molar-refractivity contribution in [1.29, 1.82) is 5.26 Å². The molecule has 0 N–H and O–H groups in total. The minimum Gasteiger partial charge on any atom is -0.493 e. The molecule has 0 saturated carbocycles. The van der Waals surface area contributed by atoms with Crippen LogP contribution in [0.15, 0.2) is 35.1 Å². The zero-order valence-electron chi connectivity index (χ0n) is 16.8. The molecule has 0 bridgehead atoms. The van der Waals surface area contributed by atoms with Crippen LogP contribution in [0.4, 0.5) is 8.78 Å². The molecule has 0 amide bonds. The van der Waals surface area contributed by atoms with E-state index in [4.69, 9.17) is 14.7 Å². The maximum absolute atomic E-state index is 14.8. The number of fused-ring (bicyclic) bond motifs is 1. The molecule has 0 saturated heterocycles. The molecule has 1 atom stereocenters. The number of thioether (sulfide) groups is 1. The Morgan fingerprint density at radius 2 is 2.00 bits per heavy atom. The zero-order chi connectivity index (χ0) is 21.8. The average molecular weight is 433 g/mol. The summed E-state index contributed by atoms with van der Waals surface area (Å²) in [4.78, 5) is 13.2. The molecule has 2 aromatic carbocycles. The third-order valence-electron chi connectivity index (χ3n) is 4.71. The molecule has 158 valence electrons. The minimum absolute atomic E-state index is 0.0375. The number of imidazole rings is 1. The van der Waals surface area contributed by atoms with Crippen molar-refractivity contribution in [2.75, 3.05) is 25.7 Å². The van der Waals surface area contributed by atoms with Crippen LogP contribution in [0.2, 0.25) is 0 Å². The molecular formula is C21H21F2N3O3S. The Morgan fingerprint density at radius 3 is 2.63 bits per heavy atom. The lowest BCUT2D eigenvalue weighted by Gasteiger charge is -2.20. The van der Waals surface area contributed by atoms with Gasteiger partial charge in [0.1, 0.15) is 17.9 Å². The van der Waals surface area contributed by atoms with E-state index in [1.807, 2.05) is 19.2 Å². The number of rotatable bonds is 8. The normalized spacial score (nSPS) is 12.0. The van der Waals surface area contributed by atoms with Gasteiger partial charge in [0, 0.05) is 17.9 Å². The van der Waals surface area contributed by atoms with Crippen LogP contribution in [0.1, 0.15) is 18.5 Å². The number of nitrogens with zero attached hydrogens (tertiary/aromatic N) is 3. The van der Waals surface area contributed by atoms with Gasteiger partial charge in [-0.1, -0.05) is 6.07 Å². The first-order chi connectivity index (χ1) is 14.5. The van der Waals surface area contributed by atoms with Gasteiger partial charge in [-0.15, -0.1) is 0 Å². The monoisotopic (exact) mass is 433 g/mol. The van der Waals surface area contributed by atoms with Gasteiger partial charge >= 0.3 is 5.69 Å². The number of hydrogen-bond donors (Lipinski definition) is 0. The lowest BCUT2D eigenvalue weighted by Crippen LogP contribution is -2.29. The molecule has 6 nitrogen and oxygen atoms in total. The molecular weight excluding hydrogens is 412 g/mol. The summed E-state index contributed by atoms with van der Waals surface area (Å²) in [5.41, 5.74) is 0.132. The molecule has 1 heterocycles. The number of aromatic nitrogens is 2. The highest BCUT2D eigenvalue weighted by Gasteiger charge is 2.25. The van der Waals surface area contributed by atoms with Gasteiger partial charge in [-0.25, -0.2) is 13.6 Å². The summed E-state index contributed by atoms with van der Waals surface area (Å²) < 4.78 is 42.0. The van der Waals surface area contributed by atoms with Gasteiger partial charge in [0.2, 0.25) is 0 Å². The lowest BCUT2D eigenvalue weighted by molar-refractivity contribution is 0.310. The summed E-state index contributed by atoms with van der Waals surface area (Å²) in [6, 6.07) is 8.39. The van der Waals surface area contributed by atoms with Crippen LogP contribution >= 0.6 is 11.8 Å². The number of benzene rings is 2. The molecule has 3 aromatic rings. The Hall–Kier alpha value is -2.99. The van der Waals surface area contributed by atoms with Gasteiger partial charge in [0.25, 0.3) is 0 Å². The van der Waals surface area contributed by atoms with Crippen molar-refractivity contribution in [1.82, 2.24) is 9.13 Å². The summed E-state index contributed by atoms with van der Waals surface area (Å²) in [7, 11) is 1.53. The van der Waals surface area contributed by atoms with Crippen LogP contribution < -0.4 is 15.2 Å². The average Bonchev–Trinajstić information content (AvgIpc) is 2.99. The fourth-order valence-corrected chi connectivity index (χ4v) is 4.14. The highest BCUT2D eigenvalue weighted by Crippen LogP contribution is 2.34. The van der Waals surface area contributed by atoms with Crippen LogP contribution in [-0.4, -0.2) is 34.9 Å². The topological polar surface area (TPSA) is 69.2 Å². The van der Waals surface area contributed by atoms with E-state index >= 15 is 0 Å². The van der Waals surface area contributed by atoms with Crippen molar-refractivity contribution < 1.29 is 18.3 Å². The highest BCUT2D eigenvalue weighted by atomic mass is 32.2. The van der Waals surface area contributed by atoms with Crippen molar-refractivity contribution in [2.45, 2.75) is 19.5 Å². The van der Waals surface area contributed by atoms with Crippen LogP contribution in [-0.2, 0) is 6.54 Å². The number of nitriles is 1. The summed E-state index contributed by atoms with van der Waals surface area (Å²) in [6.45, 7) is 1.95. The Morgan fingerprint density at radius 1 is 1.23 bits per heavy atom. The first kappa shape index (κ1) is 21.7. The van der Waals surface area contributed by atoms with E-state index in [2.05, 4.69) is 0 Å². The van der Waals surface area contributed by atoms with E-state index in [1.54, 1.807) is 18.2 Å². The molecule has 3 rings (SSSR count). The van der Waals surface area contributed by atoms with Crippen LogP contribution in [0.3, 0.4) is 0 Å². The fourth-order valence-electron chi connectivity index (χ4n) is 3.48. The van der Waals surface area contributed by atoms with Crippen LogP contribution in [0, 0.1) is 23.0 Å². The molecule has 1 aromatic heterocycles. The van der Waals surface area contributed by atoms with Crippen molar-refractivity contribution in [3.8, 4) is 17.6 Å².